The molecule has 0 unspecified atom stereocenters. The van der Waals surface area contributed by atoms with E-state index in [1.54, 1.807) is 12.1 Å². The monoisotopic (exact) mass is 221 g/mol. The Bertz CT molecular complexity index is 348. The average Bonchev–Trinajstić information content (AvgIpc) is 2.28. The molecule has 0 aliphatic rings. The molecular weight excluding hydrogens is 202 g/mol. The van der Waals surface area contributed by atoms with Crippen LogP contribution in [0.4, 0.5) is 0 Å². The Labute approximate surface area is 96.8 Å². The second kappa shape index (κ2) is 6.28. The van der Waals surface area contributed by atoms with Crippen molar-refractivity contribution in [3.63, 3.8) is 0 Å². The second-order valence-electron chi connectivity index (χ2n) is 4.12. The SMILES string of the molecule is CCC(=O)c1ccccc1ONCC(C)C. The fourth-order valence-electron chi connectivity index (χ4n) is 1.26. The molecule has 16 heavy (non-hydrogen) atoms. The lowest BCUT2D eigenvalue weighted by Crippen LogP contribution is -2.24. The third-order valence-corrected chi connectivity index (χ3v) is 2.18. The molecule has 0 aromatic heterocycles. The minimum absolute atomic E-state index is 0.0990. The summed E-state index contributed by atoms with van der Waals surface area (Å²) in [6.07, 6.45) is 0.491. The minimum atomic E-state index is 0.0990. The molecule has 0 saturated carbocycles. The van der Waals surface area contributed by atoms with Crippen molar-refractivity contribution in [3.05, 3.63) is 29.8 Å². The number of hydrogen-bond acceptors (Lipinski definition) is 3. The summed E-state index contributed by atoms with van der Waals surface area (Å²) in [4.78, 5) is 17.0. The van der Waals surface area contributed by atoms with Gasteiger partial charge in [0.05, 0.1) is 5.56 Å². The summed E-state index contributed by atoms with van der Waals surface area (Å²) in [5, 5.41) is 0. The van der Waals surface area contributed by atoms with E-state index in [2.05, 4.69) is 19.3 Å². The lowest BCUT2D eigenvalue weighted by atomic mass is 10.1. The highest BCUT2D eigenvalue weighted by molar-refractivity contribution is 5.98. The van der Waals surface area contributed by atoms with E-state index in [9.17, 15) is 4.79 Å². The highest BCUT2D eigenvalue weighted by atomic mass is 16.6. The standard InChI is InChI=1S/C13H19NO2/c1-4-12(15)11-7-5-6-8-13(11)16-14-9-10(2)3/h5-8,10,14H,4,9H2,1-3H3. The van der Waals surface area contributed by atoms with Crippen LogP contribution in [-0.4, -0.2) is 12.3 Å². The van der Waals surface area contributed by atoms with Gasteiger partial charge in [0.2, 0.25) is 0 Å². The van der Waals surface area contributed by atoms with Crippen molar-refractivity contribution in [2.24, 2.45) is 5.92 Å². The number of carbonyl (C=O) groups is 1. The van der Waals surface area contributed by atoms with E-state index in [4.69, 9.17) is 4.84 Å². The summed E-state index contributed by atoms with van der Waals surface area (Å²) in [5.41, 5.74) is 3.51. The van der Waals surface area contributed by atoms with Crippen molar-refractivity contribution in [3.8, 4) is 5.75 Å². The molecular formula is C13H19NO2. The van der Waals surface area contributed by atoms with Crippen molar-refractivity contribution in [2.75, 3.05) is 6.54 Å². The molecule has 0 aliphatic carbocycles. The Morgan fingerprint density at radius 2 is 2.06 bits per heavy atom. The van der Waals surface area contributed by atoms with Crippen LogP contribution >= 0.6 is 0 Å². The lowest BCUT2D eigenvalue weighted by molar-refractivity contribution is 0.0978. The van der Waals surface area contributed by atoms with Crippen LogP contribution in [0.15, 0.2) is 24.3 Å². The molecule has 0 aliphatic heterocycles. The van der Waals surface area contributed by atoms with Crippen LogP contribution in [0.2, 0.25) is 0 Å². The van der Waals surface area contributed by atoms with Gasteiger partial charge in [-0.1, -0.05) is 32.9 Å². The van der Waals surface area contributed by atoms with Gasteiger partial charge >= 0.3 is 0 Å². The molecule has 0 spiro atoms. The van der Waals surface area contributed by atoms with Crippen LogP contribution in [0.3, 0.4) is 0 Å². The van der Waals surface area contributed by atoms with Crippen molar-refractivity contribution < 1.29 is 9.63 Å². The first-order valence-corrected chi connectivity index (χ1v) is 5.67. The largest absolute Gasteiger partial charge is 0.408 e. The molecule has 3 nitrogen and oxygen atoms in total. The number of para-hydroxylation sites is 1. The molecule has 0 fully saturated rings. The lowest BCUT2D eigenvalue weighted by Gasteiger charge is -2.11. The van der Waals surface area contributed by atoms with Gasteiger partial charge in [-0.3, -0.25) is 4.79 Å². The van der Waals surface area contributed by atoms with Crippen molar-refractivity contribution in [1.29, 1.82) is 0 Å². The fourth-order valence-corrected chi connectivity index (χ4v) is 1.26. The minimum Gasteiger partial charge on any atom is -0.408 e. The number of rotatable bonds is 6. The normalized spacial score (nSPS) is 10.5. The molecule has 0 heterocycles. The maximum absolute atomic E-state index is 11.6. The molecule has 0 saturated heterocycles. The van der Waals surface area contributed by atoms with Crippen LogP contribution in [0.25, 0.3) is 0 Å². The summed E-state index contributed by atoms with van der Waals surface area (Å²) >= 11 is 0. The zero-order chi connectivity index (χ0) is 12.0. The molecule has 0 amide bonds. The van der Waals surface area contributed by atoms with Gasteiger partial charge in [0.1, 0.15) is 0 Å². The molecule has 1 rings (SSSR count). The Kier molecular flexibility index (Phi) is 4.99. The first kappa shape index (κ1) is 12.7. The number of hydrogen-bond donors (Lipinski definition) is 1. The van der Waals surface area contributed by atoms with Crippen LogP contribution < -0.4 is 10.3 Å². The van der Waals surface area contributed by atoms with E-state index in [1.807, 2.05) is 19.1 Å². The summed E-state index contributed by atoms with van der Waals surface area (Å²) in [5.74, 6) is 1.21. The third-order valence-electron chi connectivity index (χ3n) is 2.18. The van der Waals surface area contributed by atoms with Crippen LogP contribution in [0, 0.1) is 5.92 Å². The molecule has 1 aromatic carbocycles. The number of hydroxylamine groups is 1. The molecule has 1 aromatic rings. The predicted octanol–water partition coefficient (Wildman–Crippen LogP) is 2.82. The first-order valence-electron chi connectivity index (χ1n) is 5.67. The number of nitrogens with one attached hydrogen (secondary N) is 1. The topological polar surface area (TPSA) is 38.3 Å². The molecule has 1 N–H and O–H groups in total. The van der Waals surface area contributed by atoms with E-state index in [0.29, 0.717) is 23.7 Å². The quantitative estimate of drug-likeness (QED) is 0.593. The smallest absolute Gasteiger partial charge is 0.166 e. The van der Waals surface area contributed by atoms with Crippen molar-refractivity contribution in [2.45, 2.75) is 27.2 Å². The zero-order valence-electron chi connectivity index (χ0n) is 10.1. The third kappa shape index (κ3) is 3.66. The number of ketones is 1. The van der Waals surface area contributed by atoms with Gasteiger partial charge < -0.3 is 4.84 Å². The van der Waals surface area contributed by atoms with Gasteiger partial charge in [0.25, 0.3) is 0 Å². The molecule has 0 radical (unpaired) electrons. The molecule has 3 heteroatoms. The van der Waals surface area contributed by atoms with Gasteiger partial charge in [0.15, 0.2) is 11.5 Å². The Morgan fingerprint density at radius 3 is 2.69 bits per heavy atom. The summed E-state index contributed by atoms with van der Waals surface area (Å²) < 4.78 is 0. The van der Waals surface area contributed by atoms with Gasteiger partial charge in [-0.2, -0.15) is 5.48 Å². The second-order valence-corrected chi connectivity index (χ2v) is 4.12. The van der Waals surface area contributed by atoms with Crippen LogP contribution in [0.1, 0.15) is 37.6 Å². The fraction of sp³-hybridized carbons (Fsp3) is 0.462. The number of Topliss-reactive ketones (excluding diaryl/α,β-unsaturated/α-hetero) is 1. The summed E-state index contributed by atoms with van der Waals surface area (Å²) in [7, 11) is 0. The molecule has 88 valence electrons. The van der Waals surface area contributed by atoms with Crippen molar-refractivity contribution >= 4 is 5.78 Å². The number of benzene rings is 1. The van der Waals surface area contributed by atoms with Gasteiger partial charge in [-0.25, -0.2) is 0 Å². The van der Waals surface area contributed by atoms with Crippen LogP contribution in [-0.2, 0) is 0 Å². The van der Waals surface area contributed by atoms with Gasteiger partial charge in [0, 0.05) is 13.0 Å². The summed E-state index contributed by atoms with van der Waals surface area (Å²) in [6, 6.07) is 7.30. The van der Waals surface area contributed by atoms with E-state index >= 15 is 0 Å². The van der Waals surface area contributed by atoms with E-state index in [0.717, 1.165) is 6.54 Å². The number of carbonyl (C=O) groups excluding carboxylic acids is 1. The predicted molar refractivity (Wildman–Crippen MR) is 64.5 cm³/mol. The van der Waals surface area contributed by atoms with E-state index in [-0.39, 0.29) is 5.78 Å². The molecule has 0 bridgehead atoms. The average molecular weight is 221 g/mol. The van der Waals surface area contributed by atoms with Crippen molar-refractivity contribution in [1.82, 2.24) is 5.48 Å². The maximum atomic E-state index is 11.6. The highest BCUT2D eigenvalue weighted by Crippen LogP contribution is 2.18. The van der Waals surface area contributed by atoms with E-state index in [1.165, 1.54) is 0 Å². The van der Waals surface area contributed by atoms with Gasteiger partial charge in [-0.05, 0) is 18.1 Å². The highest BCUT2D eigenvalue weighted by Gasteiger charge is 2.09. The maximum Gasteiger partial charge on any atom is 0.166 e. The van der Waals surface area contributed by atoms with E-state index < -0.39 is 0 Å². The first-order chi connectivity index (χ1) is 7.65. The zero-order valence-corrected chi connectivity index (χ0v) is 10.1. The Morgan fingerprint density at radius 1 is 1.38 bits per heavy atom. The van der Waals surface area contributed by atoms with Crippen LogP contribution in [0.5, 0.6) is 5.75 Å². The summed E-state index contributed by atoms with van der Waals surface area (Å²) in [6.45, 7) is 6.80. The van der Waals surface area contributed by atoms with Gasteiger partial charge in [-0.15, -0.1) is 0 Å². The molecule has 0 atom stereocenters. The Hall–Kier alpha value is -1.35. The Balaban J connectivity index is 2.67.